The third kappa shape index (κ3) is 5.73. The number of carbonyl (C=O) groups excluding carboxylic acids is 2. The molecule has 0 unspecified atom stereocenters. The molecule has 1 atom stereocenters. The second-order valence-corrected chi connectivity index (χ2v) is 5.79. The lowest BCUT2D eigenvalue weighted by Gasteiger charge is -2.13. The molecule has 0 saturated heterocycles. The first-order valence-electron chi connectivity index (χ1n) is 7.43. The van der Waals surface area contributed by atoms with E-state index in [2.05, 4.69) is 10.3 Å². The van der Waals surface area contributed by atoms with Crippen LogP contribution >= 0.6 is 11.6 Å². The van der Waals surface area contributed by atoms with E-state index in [9.17, 15) is 22.8 Å². The molecular weight excluding hydrogens is 373 g/mol. The summed E-state index contributed by atoms with van der Waals surface area (Å²) in [6.45, 7) is 1.34. The molecule has 1 heterocycles. The van der Waals surface area contributed by atoms with Crippen LogP contribution < -0.4 is 5.32 Å². The zero-order valence-electron chi connectivity index (χ0n) is 13.5. The molecule has 0 bridgehead atoms. The van der Waals surface area contributed by atoms with Crippen molar-refractivity contribution in [2.24, 2.45) is 0 Å². The first-order chi connectivity index (χ1) is 12.1. The van der Waals surface area contributed by atoms with Crippen molar-refractivity contribution >= 4 is 29.3 Å². The number of hydrogen-bond donors (Lipinski definition) is 1. The van der Waals surface area contributed by atoms with Gasteiger partial charge in [0.15, 0.2) is 6.10 Å². The lowest BCUT2D eigenvalue weighted by molar-refractivity contribution is -0.152. The van der Waals surface area contributed by atoms with Crippen molar-refractivity contribution in [3.8, 4) is 0 Å². The maximum Gasteiger partial charge on any atom is 0.416 e. The summed E-state index contributed by atoms with van der Waals surface area (Å²) >= 11 is 5.68. The molecule has 1 aromatic heterocycles. The molecule has 0 aliphatic rings. The molecule has 5 nitrogen and oxygen atoms in total. The maximum absolute atomic E-state index is 12.7. The van der Waals surface area contributed by atoms with E-state index in [1.165, 1.54) is 37.4 Å². The fraction of sp³-hybridized carbons (Fsp3) is 0.235. The third-order valence-electron chi connectivity index (χ3n) is 3.26. The molecule has 0 spiro atoms. The first-order valence-corrected chi connectivity index (χ1v) is 7.81. The van der Waals surface area contributed by atoms with Gasteiger partial charge in [0.2, 0.25) is 0 Å². The minimum Gasteiger partial charge on any atom is -0.452 e. The van der Waals surface area contributed by atoms with E-state index in [-0.39, 0.29) is 17.8 Å². The minimum atomic E-state index is -4.50. The van der Waals surface area contributed by atoms with Crippen molar-refractivity contribution < 1.29 is 27.5 Å². The summed E-state index contributed by atoms with van der Waals surface area (Å²) in [4.78, 5) is 27.7. The summed E-state index contributed by atoms with van der Waals surface area (Å²) in [6, 6.07) is 7.34. The van der Waals surface area contributed by atoms with Crippen molar-refractivity contribution in [1.82, 2.24) is 4.98 Å². The molecule has 2 rings (SSSR count). The number of alkyl halides is 3. The Morgan fingerprint density at radius 2 is 2.00 bits per heavy atom. The summed E-state index contributed by atoms with van der Waals surface area (Å²) in [7, 11) is 0. The number of pyridine rings is 1. The van der Waals surface area contributed by atoms with Crippen LogP contribution in [0.1, 0.15) is 18.1 Å². The van der Waals surface area contributed by atoms with E-state index in [4.69, 9.17) is 16.3 Å². The van der Waals surface area contributed by atoms with Crippen LogP contribution in [-0.2, 0) is 26.9 Å². The van der Waals surface area contributed by atoms with Crippen molar-refractivity contribution in [3.05, 3.63) is 58.7 Å². The highest BCUT2D eigenvalue weighted by atomic mass is 35.5. The smallest absolute Gasteiger partial charge is 0.416 e. The van der Waals surface area contributed by atoms with Gasteiger partial charge >= 0.3 is 12.1 Å². The predicted octanol–water partition coefficient (Wildman–Crippen LogP) is 3.87. The Hall–Kier alpha value is -2.61. The number of benzene rings is 1. The van der Waals surface area contributed by atoms with Crippen LogP contribution in [0.2, 0.25) is 5.02 Å². The molecular formula is C17H14ClF3N2O3. The van der Waals surface area contributed by atoms with Crippen LogP contribution in [0.3, 0.4) is 0 Å². The summed E-state index contributed by atoms with van der Waals surface area (Å²) in [5.74, 6) is -1.23. The van der Waals surface area contributed by atoms with E-state index in [0.717, 1.165) is 12.1 Å². The number of rotatable bonds is 5. The molecule has 26 heavy (non-hydrogen) atoms. The molecule has 2 aromatic rings. The highest BCUT2D eigenvalue weighted by Gasteiger charge is 2.30. The van der Waals surface area contributed by atoms with Gasteiger partial charge in [0, 0.05) is 6.20 Å². The molecule has 0 aliphatic carbocycles. The van der Waals surface area contributed by atoms with Crippen molar-refractivity contribution in [3.63, 3.8) is 0 Å². The molecule has 138 valence electrons. The normalized spacial score (nSPS) is 12.3. The average Bonchev–Trinajstić information content (AvgIpc) is 2.56. The first kappa shape index (κ1) is 19.7. The Balaban J connectivity index is 1.92. The minimum absolute atomic E-state index is 0.136. The molecule has 1 aromatic carbocycles. The predicted molar refractivity (Wildman–Crippen MR) is 88.6 cm³/mol. The lowest BCUT2D eigenvalue weighted by Crippen LogP contribution is -2.30. The van der Waals surface area contributed by atoms with Gasteiger partial charge in [-0.05, 0) is 30.7 Å². The Kier molecular flexibility index (Phi) is 6.20. The number of ether oxygens (including phenoxy) is 1. The van der Waals surface area contributed by atoms with Gasteiger partial charge in [-0.1, -0.05) is 29.8 Å². The van der Waals surface area contributed by atoms with Gasteiger partial charge in [0.1, 0.15) is 5.82 Å². The summed E-state index contributed by atoms with van der Waals surface area (Å²) in [6.07, 6.45) is -4.70. The number of amides is 1. The molecule has 1 N–H and O–H groups in total. The highest BCUT2D eigenvalue weighted by Crippen LogP contribution is 2.29. The monoisotopic (exact) mass is 386 g/mol. The Morgan fingerprint density at radius 3 is 2.62 bits per heavy atom. The molecule has 9 heteroatoms. The number of anilines is 1. The number of hydrogen-bond acceptors (Lipinski definition) is 4. The Morgan fingerprint density at radius 1 is 1.27 bits per heavy atom. The van der Waals surface area contributed by atoms with Gasteiger partial charge in [0.05, 0.1) is 17.0 Å². The summed E-state index contributed by atoms with van der Waals surface area (Å²) in [5.41, 5.74) is -0.723. The number of carbonyl (C=O) groups is 2. The molecule has 0 radical (unpaired) electrons. The molecule has 0 aliphatic heterocycles. The molecule has 0 saturated carbocycles. The van der Waals surface area contributed by atoms with Gasteiger partial charge in [-0.2, -0.15) is 13.2 Å². The van der Waals surface area contributed by atoms with Crippen LogP contribution in [-0.4, -0.2) is 23.0 Å². The largest absolute Gasteiger partial charge is 0.452 e. The maximum atomic E-state index is 12.7. The fourth-order valence-corrected chi connectivity index (χ4v) is 2.11. The fourth-order valence-electron chi connectivity index (χ4n) is 1.99. The van der Waals surface area contributed by atoms with Crippen LogP contribution in [0.15, 0.2) is 42.6 Å². The lowest BCUT2D eigenvalue weighted by atomic mass is 10.1. The Bertz CT molecular complexity index is 795. The SMILES string of the molecule is C[C@@H](OC(=O)Cc1cccc(C(F)(F)F)c1)C(=O)Nc1ccc(Cl)cn1. The van der Waals surface area contributed by atoms with Crippen LogP contribution in [0, 0.1) is 0 Å². The molecule has 0 fully saturated rings. The van der Waals surface area contributed by atoms with Gasteiger partial charge in [-0.15, -0.1) is 0 Å². The Labute approximate surface area is 152 Å². The van der Waals surface area contributed by atoms with Gasteiger partial charge in [-0.25, -0.2) is 4.98 Å². The van der Waals surface area contributed by atoms with E-state index in [1.807, 2.05) is 0 Å². The second-order valence-electron chi connectivity index (χ2n) is 5.36. The van der Waals surface area contributed by atoms with Gasteiger partial charge < -0.3 is 10.1 Å². The number of nitrogens with zero attached hydrogens (tertiary/aromatic N) is 1. The van der Waals surface area contributed by atoms with Crippen molar-refractivity contribution in [1.29, 1.82) is 0 Å². The van der Waals surface area contributed by atoms with E-state index in [1.54, 1.807) is 0 Å². The van der Waals surface area contributed by atoms with E-state index >= 15 is 0 Å². The zero-order chi connectivity index (χ0) is 19.3. The number of halogens is 4. The van der Waals surface area contributed by atoms with Crippen molar-refractivity contribution in [2.45, 2.75) is 25.6 Å². The van der Waals surface area contributed by atoms with E-state index in [0.29, 0.717) is 5.02 Å². The zero-order valence-corrected chi connectivity index (χ0v) is 14.3. The number of nitrogens with one attached hydrogen (secondary N) is 1. The van der Waals surface area contributed by atoms with Crippen LogP contribution in [0.4, 0.5) is 19.0 Å². The second kappa shape index (κ2) is 8.18. The van der Waals surface area contributed by atoms with Gasteiger partial charge in [0.25, 0.3) is 5.91 Å². The third-order valence-corrected chi connectivity index (χ3v) is 3.48. The number of esters is 1. The average molecular weight is 387 g/mol. The summed E-state index contributed by atoms with van der Waals surface area (Å²) in [5, 5.41) is 2.82. The quantitative estimate of drug-likeness (QED) is 0.792. The number of aromatic nitrogens is 1. The topological polar surface area (TPSA) is 68.3 Å². The standard InChI is InChI=1S/C17H14ClF3N2O3/c1-10(16(25)23-14-6-5-13(18)9-22-14)26-15(24)8-11-3-2-4-12(7-11)17(19,20)21/h2-7,9-10H,8H2,1H3,(H,22,23,25)/t10-/m1/s1. The van der Waals surface area contributed by atoms with Crippen molar-refractivity contribution in [2.75, 3.05) is 5.32 Å². The highest BCUT2D eigenvalue weighted by molar-refractivity contribution is 6.30. The molecule has 1 amide bonds. The van der Waals surface area contributed by atoms with Crippen LogP contribution in [0.25, 0.3) is 0 Å². The summed E-state index contributed by atoms with van der Waals surface area (Å²) < 4.78 is 43.0. The van der Waals surface area contributed by atoms with E-state index < -0.39 is 29.7 Å². The van der Waals surface area contributed by atoms with Gasteiger partial charge in [-0.3, -0.25) is 9.59 Å². The van der Waals surface area contributed by atoms with Crippen LogP contribution in [0.5, 0.6) is 0 Å².